The number of rotatable bonds is 4. The molecule has 0 bridgehead atoms. The molecule has 18 heavy (non-hydrogen) atoms. The quantitative estimate of drug-likeness (QED) is 0.850. The summed E-state index contributed by atoms with van der Waals surface area (Å²) in [7, 11) is 1.48. The second kappa shape index (κ2) is 5.64. The Labute approximate surface area is 110 Å². The van der Waals surface area contributed by atoms with Crippen LogP contribution in [0.2, 0.25) is 5.28 Å². The van der Waals surface area contributed by atoms with Crippen LogP contribution in [0.25, 0.3) is 11.4 Å². The Kier molecular flexibility index (Phi) is 3.94. The van der Waals surface area contributed by atoms with Crippen LogP contribution in [0.5, 0.6) is 11.8 Å². The van der Waals surface area contributed by atoms with Crippen LogP contribution in [0, 0.1) is 0 Å². The van der Waals surface area contributed by atoms with Gasteiger partial charge in [-0.05, 0) is 30.7 Å². The molecular formula is C12H12ClN3O2. The van der Waals surface area contributed by atoms with Gasteiger partial charge in [-0.2, -0.15) is 15.0 Å². The summed E-state index contributed by atoms with van der Waals surface area (Å²) in [6.45, 7) is 2.53. The largest absolute Gasteiger partial charge is 0.494 e. The topological polar surface area (TPSA) is 57.1 Å². The molecule has 6 heteroatoms. The van der Waals surface area contributed by atoms with Gasteiger partial charge in [-0.3, -0.25) is 0 Å². The Morgan fingerprint density at radius 1 is 1.22 bits per heavy atom. The molecule has 0 radical (unpaired) electrons. The first-order chi connectivity index (χ1) is 8.72. The smallest absolute Gasteiger partial charge is 0.321 e. The molecule has 0 N–H and O–H groups in total. The summed E-state index contributed by atoms with van der Waals surface area (Å²) >= 11 is 5.81. The Morgan fingerprint density at radius 2 is 2.06 bits per heavy atom. The molecule has 94 valence electrons. The van der Waals surface area contributed by atoms with E-state index in [2.05, 4.69) is 15.0 Å². The molecule has 1 aromatic heterocycles. The van der Waals surface area contributed by atoms with E-state index in [1.807, 2.05) is 31.2 Å². The van der Waals surface area contributed by atoms with Crippen molar-refractivity contribution in [2.45, 2.75) is 6.92 Å². The molecule has 1 heterocycles. The van der Waals surface area contributed by atoms with Crippen LogP contribution in [-0.4, -0.2) is 28.7 Å². The van der Waals surface area contributed by atoms with Crippen molar-refractivity contribution in [1.82, 2.24) is 15.0 Å². The molecule has 2 rings (SSSR count). The predicted molar refractivity (Wildman–Crippen MR) is 68.0 cm³/mol. The first kappa shape index (κ1) is 12.6. The van der Waals surface area contributed by atoms with Crippen molar-refractivity contribution >= 4 is 11.6 Å². The highest BCUT2D eigenvalue weighted by Gasteiger charge is 2.08. The molecule has 0 spiro atoms. The number of benzene rings is 1. The summed E-state index contributed by atoms with van der Waals surface area (Å²) in [5, 5.41) is 0.0960. The molecule has 2 aromatic rings. The summed E-state index contributed by atoms with van der Waals surface area (Å²) in [4.78, 5) is 12.0. The van der Waals surface area contributed by atoms with Gasteiger partial charge < -0.3 is 9.47 Å². The SMILES string of the molecule is CCOc1cccc(-c2nc(Cl)nc(OC)n2)c1. The first-order valence-electron chi connectivity index (χ1n) is 5.41. The van der Waals surface area contributed by atoms with Crippen molar-refractivity contribution in [2.24, 2.45) is 0 Å². The molecule has 0 saturated carbocycles. The molecule has 1 aromatic carbocycles. The number of aromatic nitrogens is 3. The fraction of sp³-hybridized carbons (Fsp3) is 0.250. The van der Waals surface area contributed by atoms with Crippen molar-refractivity contribution in [3.05, 3.63) is 29.5 Å². The van der Waals surface area contributed by atoms with E-state index in [0.717, 1.165) is 11.3 Å². The van der Waals surface area contributed by atoms with Crippen LogP contribution in [0.1, 0.15) is 6.92 Å². The predicted octanol–water partition coefficient (Wildman–Crippen LogP) is 2.60. The van der Waals surface area contributed by atoms with Gasteiger partial charge in [-0.1, -0.05) is 12.1 Å². The van der Waals surface area contributed by atoms with E-state index < -0.39 is 0 Å². The lowest BCUT2D eigenvalue weighted by molar-refractivity contribution is 0.340. The summed E-state index contributed by atoms with van der Waals surface area (Å²) in [5.74, 6) is 1.21. The van der Waals surface area contributed by atoms with Crippen LogP contribution in [-0.2, 0) is 0 Å². The van der Waals surface area contributed by atoms with E-state index in [4.69, 9.17) is 21.1 Å². The van der Waals surface area contributed by atoms with Gasteiger partial charge in [0.25, 0.3) is 0 Å². The van der Waals surface area contributed by atoms with Crippen LogP contribution < -0.4 is 9.47 Å². The lowest BCUT2D eigenvalue weighted by atomic mass is 10.2. The third-order valence-electron chi connectivity index (χ3n) is 2.17. The monoisotopic (exact) mass is 265 g/mol. The van der Waals surface area contributed by atoms with E-state index in [1.54, 1.807) is 0 Å². The molecule has 0 unspecified atom stereocenters. The minimum absolute atomic E-state index is 0.0960. The van der Waals surface area contributed by atoms with Crippen LogP contribution in [0.15, 0.2) is 24.3 Å². The highest BCUT2D eigenvalue weighted by Crippen LogP contribution is 2.23. The minimum Gasteiger partial charge on any atom is -0.494 e. The van der Waals surface area contributed by atoms with Gasteiger partial charge >= 0.3 is 6.01 Å². The Bertz CT molecular complexity index is 549. The fourth-order valence-corrected chi connectivity index (χ4v) is 1.60. The Hall–Kier alpha value is -1.88. The molecule has 5 nitrogen and oxygen atoms in total. The standard InChI is InChI=1S/C12H12ClN3O2/c1-3-18-9-6-4-5-8(7-9)10-14-11(13)16-12(15-10)17-2/h4-7H,3H2,1-2H3. The van der Waals surface area contributed by atoms with Gasteiger partial charge in [0.15, 0.2) is 5.82 Å². The number of hydrogen-bond acceptors (Lipinski definition) is 5. The summed E-state index contributed by atoms with van der Waals surface area (Å²) in [6.07, 6.45) is 0. The summed E-state index contributed by atoms with van der Waals surface area (Å²) < 4.78 is 10.4. The molecule has 0 amide bonds. The molecule has 0 aliphatic carbocycles. The van der Waals surface area contributed by atoms with E-state index in [9.17, 15) is 0 Å². The molecule has 0 saturated heterocycles. The van der Waals surface area contributed by atoms with Crippen LogP contribution >= 0.6 is 11.6 Å². The van der Waals surface area contributed by atoms with Crippen molar-refractivity contribution in [2.75, 3.05) is 13.7 Å². The van der Waals surface area contributed by atoms with Gasteiger partial charge in [-0.25, -0.2) is 0 Å². The van der Waals surface area contributed by atoms with Crippen molar-refractivity contribution in [3.63, 3.8) is 0 Å². The highest BCUT2D eigenvalue weighted by molar-refractivity contribution is 6.28. The maximum absolute atomic E-state index is 5.81. The number of nitrogens with zero attached hydrogens (tertiary/aromatic N) is 3. The van der Waals surface area contributed by atoms with Gasteiger partial charge in [0.05, 0.1) is 13.7 Å². The van der Waals surface area contributed by atoms with E-state index >= 15 is 0 Å². The summed E-state index contributed by atoms with van der Waals surface area (Å²) in [6, 6.07) is 7.63. The Morgan fingerprint density at radius 3 is 2.78 bits per heavy atom. The normalized spacial score (nSPS) is 10.2. The fourth-order valence-electron chi connectivity index (χ4n) is 1.44. The molecule has 0 atom stereocenters. The van der Waals surface area contributed by atoms with E-state index in [0.29, 0.717) is 12.4 Å². The number of methoxy groups -OCH3 is 1. The third-order valence-corrected chi connectivity index (χ3v) is 2.34. The molecular weight excluding hydrogens is 254 g/mol. The van der Waals surface area contributed by atoms with E-state index in [1.165, 1.54) is 7.11 Å². The first-order valence-corrected chi connectivity index (χ1v) is 5.79. The number of halogens is 1. The second-order valence-electron chi connectivity index (χ2n) is 3.38. The van der Waals surface area contributed by atoms with Crippen molar-refractivity contribution < 1.29 is 9.47 Å². The second-order valence-corrected chi connectivity index (χ2v) is 3.71. The van der Waals surface area contributed by atoms with Gasteiger partial charge in [0.2, 0.25) is 5.28 Å². The Balaban J connectivity index is 2.41. The van der Waals surface area contributed by atoms with Crippen LogP contribution in [0.3, 0.4) is 0 Å². The zero-order valence-corrected chi connectivity index (χ0v) is 10.8. The molecule has 0 aliphatic heterocycles. The van der Waals surface area contributed by atoms with Crippen LogP contribution in [0.4, 0.5) is 0 Å². The van der Waals surface area contributed by atoms with Crippen molar-refractivity contribution in [1.29, 1.82) is 0 Å². The van der Waals surface area contributed by atoms with E-state index in [-0.39, 0.29) is 11.3 Å². The lowest BCUT2D eigenvalue weighted by Crippen LogP contribution is -1.98. The van der Waals surface area contributed by atoms with Gasteiger partial charge in [-0.15, -0.1) is 0 Å². The zero-order chi connectivity index (χ0) is 13.0. The lowest BCUT2D eigenvalue weighted by Gasteiger charge is -2.06. The zero-order valence-electron chi connectivity index (χ0n) is 10.1. The third kappa shape index (κ3) is 2.87. The minimum atomic E-state index is 0.0960. The van der Waals surface area contributed by atoms with Crippen molar-refractivity contribution in [3.8, 4) is 23.1 Å². The highest BCUT2D eigenvalue weighted by atomic mass is 35.5. The number of ether oxygens (including phenoxy) is 2. The maximum atomic E-state index is 5.81. The van der Waals surface area contributed by atoms with Gasteiger partial charge in [0, 0.05) is 5.56 Å². The van der Waals surface area contributed by atoms with Gasteiger partial charge in [0.1, 0.15) is 5.75 Å². The number of hydrogen-bond donors (Lipinski definition) is 0. The molecule has 0 fully saturated rings. The average Bonchev–Trinajstić information content (AvgIpc) is 2.39. The average molecular weight is 266 g/mol. The molecule has 0 aliphatic rings. The summed E-state index contributed by atoms with van der Waals surface area (Å²) in [5.41, 5.74) is 0.795. The maximum Gasteiger partial charge on any atom is 0.321 e.